The summed E-state index contributed by atoms with van der Waals surface area (Å²) in [6.45, 7) is 3.80. The molecule has 2 aliphatic heterocycles. The summed E-state index contributed by atoms with van der Waals surface area (Å²) in [5.41, 5.74) is 0. The number of carbonyl (C=O) groups is 1. The number of carbonyl (C=O) groups excluding carboxylic acids is 1. The molecule has 0 spiro atoms. The Hall–Kier alpha value is -1.40. The second-order valence-corrected chi connectivity index (χ2v) is 7.26. The summed E-state index contributed by atoms with van der Waals surface area (Å²) in [4.78, 5) is 21.3. The van der Waals surface area contributed by atoms with E-state index in [0.717, 1.165) is 32.0 Å². The van der Waals surface area contributed by atoms with Crippen molar-refractivity contribution in [2.45, 2.75) is 44.4 Å². The first-order valence-electron chi connectivity index (χ1n) is 8.80. The van der Waals surface area contributed by atoms with Gasteiger partial charge in [0.25, 0.3) is 0 Å². The Morgan fingerprint density at radius 3 is 2.87 bits per heavy atom. The van der Waals surface area contributed by atoms with Crippen LogP contribution < -0.4 is 0 Å². The SMILES string of the molecule is Cn1ccnc1CN1C[C@@H]2OCC(=O)N(CC3CCCC3)[C@H]2C1. The number of hydrogen-bond donors (Lipinski definition) is 0. The molecule has 0 bridgehead atoms. The number of imidazole rings is 1. The molecule has 1 aromatic rings. The van der Waals surface area contributed by atoms with Crippen molar-refractivity contribution in [3.8, 4) is 0 Å². The Labute approximate surface area is 137 Å². The number of hydrogen-bond acceptors (Lipinski definition) is 4. The number of nitrogens with zero attached hydrogens (tertiary/aromatic N) is 4. The number of fused-ring (bicyclic) bond motifs is 1. The molecule has 126 valence electrons. The molecule has 0 radical (unpaired) electrons. The van der Waals surface area contributed by atoms with Crippen molar-refractivity contribution in [2.75, 3.05) is 26.2 Å². The molecule has 0 aromatic carbocycles. The molecule has 1 aliphatic carbocycles. The molecule has 3 aliphatic rings. The molecule has 1 saturated carbocycles. The van der Waals surface area contributed by atoms with E-state index < -0.39 is 0 Å². The molecule has 3 heterocycles. The minimum atomic E-state index is 0.161. The second-order valence-electron chi connectivity index (χ2n) is 7.26. The van der Waals surface area contributed by atoms with Crippen molar-refractivity contribution in [1.29, 1.82) is 0 Å². The van der Waals surface area contributed by atoms with Gasteiger partial charge in [-0.2, -0.15) is 0 Å². The van der Waals surface area contributed by atoms with Crippen molar-refractivity contribution in [1.82, 2.24) is 19.4 Å². The molecule has 4 rings (SSSR count). The van der Waals surface area contributed by atoms with Gasteiger partial charge >= 0.3 is 0 Å². The van der Waals surface area contributed by atoms with Gasteiger partial charge in [-0.15, -0.1) is 0 Å². The fourth-order valence-corrected chi connectivity index (χ4v) is 4.33. The summed E-state index contributed by atoms with van der Waals surface area (Å²) >= 11 is 0. The zero-order valence-corrected chi connectivity index (χ0v) is 13.9. The third-order valence-corrected chi connectivity index (χ3v) is 5.67. The molecule has 6 heteroatoms. The highest BCUT2D eigenvalue weighted by atomic mass is 16.5. The van der Waals surface area contributed by atoms with E-state index in [9.17, 15) is 4.79 Å². The van der Waals surface area contributed by atoms with Crippen molar-refractivity contribution >= 4 is 5.91 Å². The first-order valence-corrected chi connectivity index (χ1v) is 8.80. The fraction of sp³-hybridized carbons (Fsp3) is 0.765. The van der Waals surface area contributed by atoms with Crippen LogP contribution in [0.25, 0.3) is 0 Å². The molecular formula is C17H26N4O2. The van der Waals surface area contributed by atoms with E-state index in [1.165, 1.54) is 25.7 Å². The summed E-state index contributed by atoms with van der Waals surface area (Å²) in [6.07, 6.45) is 9.17. The van der Waals surface area contributed by atoms with Crippen molar-refractivity contribution in [3.63, 3.8) is 0 Å². The lowest BCUT2D eigenvalue weighted by Gasteiger charge is -2.38. The van der Waals surface area contributed by atoms with Gasteiger partial charge in [-0.1, -0.05) is 12.8 Å². The van der Waals surface area contributed by atoms with Crippen molar-refractivity contribution in [2.24, 2.45) is 13.0 Å². The Morgan fingerprint density at radius 2 is 2.13 bits per heavy atom. The molecule has 0 N–H and O–H groups in total. The molecule has 6 nitrogen and oxygen atoms in total. The standard InChI is InChI=1S/C17H26N4O2/c1-19-7-6-18-16(19)11-20-9-14-15(10-20)23-12-17(22)21(14)8-13-4-2-3-5-13/h6-7,13-15H,2-5,8-12H2,1H3/t14-,15-/m0/s1. The third kappa shape index (κ3) is 3.02. The first-order chi connectivity index (χ1) is 11.2. The maximum Gasteiger partial charge on any atom is 0.248 e. The van der Waals surface area contributed by atoms with Crippen LogP contribution in [0, 0.1) is 5.92 Å². The highest BCUT2D eigenvalue weighted by molar-refractivity contribution is 5.78. The van der Waals surface area contributed by atoms with Crippen LogP contribution >= 0.6 is 0 Å². The Morgan fingerprint density at radius 1 is 1.30 bits per heavy atom. The van der Waals surface area contributed by atoms with Crippen molar-refractivity contribution in [3.05, 3.63) is 18.2 Å². The maximum atomic E-state index is 12.4. The average Bonchev–Trinajstić information content (AvgIpc) is 3.25. The van der Waals surface area contributed by atoms with Gasteiger partial charge in [0.15, 0.2) is 0 Å². The van der Waals surface area contributed by atoms with Crippen LogP contribution in [-0.4, -0.2) is 63.6 Å². The smallest absolute Gasteiger partial charge is 0.248 e. The van der Waals surface area contributed by atoms with Crippen LogP contribution in [0.2, 0.25) is 0 Å². The predicted octanol–water partition coefficient (Wildman–Crippen LogP) is 1.02. The average molecular weight is 318 g/mol. The topological polar surface area (TPSA) is 50.6 Å². The van der Waals surface area contributed by atoms with Crippen LogP contribution in [0.1, 0.15) is 31.5 Å². The van der Waals surface area contributed by atoms with Gasteiger partial charge in [-0.05, 0) is 18.8 Å². The van der Waals surface area contributed by atoms with E-state index >= 15 is 0 Å². The van der Waals surface area contributed by atoms with E-state index in [4.69, 9.17) is 4.74 Å². The summed E-state index contributed by atoms with van der Waals surface area (Å²) < 4.78 is 7.89. The minimum Gasteiger partial charge on any atom is -0.365 e. The van der Waals surface area contributed by atoms with E-state index in [1.54, 1.807) is 0 Å². The predicted molar refractivity (Wildman–Crippen MR) is 85.7 cm³/mol. The van der Waals surface area contributed by atoms with E-state index in [-0.39, 0.29) is 24.7 Å². The van der Waals surface area contributed by atoms with Gasteiger partial charge in [0, 0.05) is 39.1 Å². The summed E-state index contributed by atoms with van der Waals surface area (Å²) in [5, 5.41) is 0. The number of likely N-dealkylation sites (tertiary alicyclic amines) is 1. The van der Waals surface area contributed by atoms with Crippen LogP contribution in [0.15, 0.2) is 12.4 Å². The van der Waals surface area contributed by atoms with E-state index in [2.05, 4.69) is 19.4 Å². The Kier molecular flexibility index (Phi) is 4.11. The number of aromatic nitrogens is 2. The normalized spacial score (nSPS) is 29.4. The van der Waals surface area contributed by atoms with Gasteiger partial charge in [-0.3, -0.25) is 9.69 Å². The van der Waals surface area contributed by atoms with Crippen LogP contribution in [0.4, 0.5) is 0 Å². The zero-order chi connectivity index (χ0) is 15.8. The van der Waals surface area contributed by atoms with Crippen molar-refractivity contribution < 1.29 is 9.53 Å². The second kappa shape index (κ2) is 6.24. The van der Waals surface area contributed by atoms with Gasteiger partial charge in [0.2, 0.25) is 5.91 Å². The largest absolute Gasteiger partial charge is 0.365 e. The summed E-state index contributed by atoms with van der Waals surface area (Å²) in [5.74, 6) is 1.94. The van der Waals surface area contributed by atoms with Gasteiger partial charge in [0.05, 0.1) is 18.7 Å². The lowest BCUT2D eigenvalue weighted by molar-refractivity contribution is -0.153. The van der Waals surface area contributed by atoms with E-state index in [1.807, 2.05) is 19.4 Å². The molecule has 1 aromatic heterocycles. The summed E-state index contributed by atoms with van der Waals surface area (Å²) in [6, 6.07) is 0.220. The molecule has 0 unspecified atom stereocenters. The third-order valence-electron chi connectivity index (χ3n) is 5.67. The summed E-state index contributed by atoms with van der Waals surface area (Å²) in [7, 11) is 2.03. The number of morpholine rings is 1. The number of ether oxygens (including phenoxy) is 1. The fourth-order valence-electron chi connectivity index (χ4n) is 4.33. The monoisotopic (exact) mass is 318 g/mol. The molecular weight excluding hydrogens is 292 g/mol. The molecule has 1 amide bonds. The van der Waals surface area contributed by atoms with Gasteiger partial charge in [0.1, 0.15) is 12.4 Å². The van der Waals surface area contributed by atoms with Gasteiger partial charge < -0.3 is 14.2 Å². The van der Waals surface area contributed by atoms with Crippen LogP contribution in [-0.2, 0) is 23.1 Å². The molecule has 23 heavy (non-hydrogen) atoms. The Balaban J connectivity index is 1.43. The van der Waals surface area contributed by atoms with Crippen LogP contribution in [0.5, 0.6) is 0 Å². The van der Waals surface area contributed by atoms with Crippen LogP contribution in [0.3, 0.4) is 0 Å². The zero-order valence-electron chi connectivity index (χ0n) is 13.9. The quantitative estimate of drug-likeness (QED) is 0.832. The maximum absolute atomic E-state index is 12.4. The van der Waals surface area contributed by atoms with Gasteiger partial charge in [-0.25, -0.2) is 4.98 Å². The lowest BCUT2D eigenvalue weighted by Crippen LogP contribution is -2.55. The highest BCUT2D eigenvalue weighted by Crippen LogP contribution is 2.30. The number of rotatable bonds is 4. The minimum absolute atomic E-state index is 0.161. The lowest BCUT2D eigenvalue weighted by atomic mass is 10.0. The molecule has 2 atom stereocenters. The molecule has 3 fully saturated rings. The number of amides is 1. The van der Waals surface area contributed by atoms with E-state index in [0.29, 0.717) is 5.92 Å². The molecule has 2 saturated heterocycles. The Bertz CT molecular complexity index is 567. The number of aryl methyl sites for hydroxylation is 1. The highest BCUT2D eigenvalue weighted by Gasteiger charge is 2.43. The first kappa shape index (κ1) is 15.1.